The fraction of sp³-hybridized carbons (Fsp3) is 0.0833. The average molecular weight is 427 g/mol. The zero-order valence-electron chi connectivity index (χ0n) is 17.1. The lowest BCUT2D eigenvalue weighted by Crippen LogP contribution is -2.12. The van der Waals surface area contributed by atoms with Crippen molar-refractivity contribution >= 4 is 28.3 Å². The standard InChI is InChI=1S/C24H18FN5O2/c1-2-21-28-29-22-24(27-19-11-3-4-12-20(19)30(21)22)32-18-10-6-9-17(14-18)26-23(31)15-7-5-8-16(25)13-15/h3-14H,2H2,1H3,(H,26,31). The van der Waals surface area contributed by atoms with Gasteiger partial charge in [-0.05, 0) is 42.5 Å². The van der Waals surface area contributed by atoms with Gasteiger partial charge in [0.2, 0.25) is 5.65 Å². The molecule has 0 atom stereocenters. The highest BCUT2D eigenvalue weighted by Gasteiger charge is 2.16. The number of amides is 1. The first-order chi connectivity index (χ1) is 15.6. The SMILES string of the molecule is CCc1nnc2c(Oc3cccc(NC(=O)c4cccc(F)c4)c3)nc3ccccc3n12. The van der Waals surface area contributed by atoms with E-state index in [0.717, 1.165) is 16.9 Å². The topological polar surface area (TPSA) is 81.4 Å². The minimum Gasteiger partial charge on any atom is -0.436 e. The van der Waals surface area contributed by atoms with Crippen LogP contribution in [-0.2, 0) is 6.42 Å². The lowest BCUT2D eigenvalue weighted by atomic mass is 10.2. The Hall–Kier alpha value is -4.33. The summed E-state index contributed by atoms with van der Waals surface area (Å²) in [5, 5.41) is 11.3. The van der Waals surface area contributed by atoms with E-state index in [1.54, 1.807) is 30.3 Å². The molecule has 0 bridgehead atoms. The Balaban J connectivity index is 1.48. The monoisotopic (exact) mass is 427 g/mol. The van der Waals surface area contributed by atoms with Crippen LogP contribution < -0.4 is 10.1 Å². The molecule has 5 rings (SSSR count). The minimum absolute atomic E-state index is 0.227. The first-order valence-corrected chi connectivity index (χ1v) is 10.1. The van der Waals surface area contributed by atoms with E-state index in [1.165, 1.54) is 18.2 Å². The Bertz CT molecular complexity index is 1460. The van der Waals surface area contributed by atoms with E-state index in [9.17, 15) is 9.18 Å². The first kappa shape index (κ1) is 19.6. The zero-order chi connectivity index (χ0) is 22.1. The number of nitrogens with one attached hydrogen (secondary N) is 1. The summed E-state index contributed by atoms with van der Waals surface area (Å²) in [7, 11) is 0. The minimum atomic E-state index is -0.471. The number of benzene rings is 3. The van der Waals surface area contributed by atoms with Gasteiger partial charge in [-0.2, -0.15) is 0 Å². The van der Waals surface area contributed by atoms with Crippen molar-refractivity contribution in [1.82, 2.24) is 19.6 Å². The summed E-state index contributed by atoms with van der Waals surface area (Å²) in [5.74, 6) is 0.690. The number of hydrogen-bond acceptors (Lipinski definition) is 5. The molecule has 0 unspecified atom stereocenters. The molecule has 1 N–H and O–H groups in total. The highest BCUT2D eigenvalue weighted by molar-refractivity contribution is 6.04. The number of halogens is 1. The van der Waals surface area contributed by atoms with E-state index < -0.39 is 11.7 Å². The second kappa shape index (κ2) is 8.07. The Kier molecular flexibility index (Phi) is 4.95. The molecular weight excluding hydrogens is 409 g/mol. The smallest absolute Gasteiger partial charge is 0.266 e. The largest absolute Gasteiger partial charge is 0.436 e. The van der Waals surface area contributed by atoms with Gasteiger partial charge < -0.3 is 10.1 Å². The van der Waals surface area contributed by atoms with Crippen molar-refractivity contribution in [2.24, 2.45) is 0 Å². The van der Waals surface area contributed by atoms with Crippen LogP contribution in [0.5, 0.6) is 11.6 Å². The number of carbonyl (C=O) groups excluding carboxylic acids is 1. The maximum Gasteiger partial charge on any atom is 0.266 e. The highest BCUT2D eigenvalue weighted by Crippen LogP contribution is 2.29. The van der Waals surface area contributed by atoms with Crippen molar-refractivity contribution in [3.05, 3.63) is 90.0 Å². The van der Waals surface area contributed by atoms with Gasteiger partial charge in [-0.1, -0.05) is 31.2 Å². The number of aryl methyl sites for hydroxylation is 1. The molecule has 2 heterocycles. The molecule has 0 radical (unpaired) electrons. The number of nitrogens with zero attached hydrogens (tertiary/aromatic N) is 4. The van der Waals surface area contributed by atoms with Gasteiger partial charge in [0.1, 0.15) is 17.4 Å². The molecule has 5 aromatic rings. The summed E-state index contributed by atoms with van der Waals surface area (Å²) >= 11 is 0. The summed E-state index contributed by atoms with van der Waals surface area (Å²) in [6, 6.07) is 20.1. The molecule has 32 heavy (non-hydrogen) atoms. The van der Waals surface area contributed by atoms with Crippen molar-refractivity contribution in [3.8, 4) is 11.6 Å². The van der Waals surface area contributed by atoms with E-state index >= 15 is 0 Å². The van der Waals surface area contributed by atoms with Crippen molar-refractivity contribution < 1.29 is 13.9 Å². The molecule has 0 saturated carbocycles. The van der Waals surface area contributed by atoms with Gasteiger partial charge in [-0.15, -0.1) is 10.2 Å². The van der Waals surface area contributed by atoms with Crippen molar-refractivity contribution in [2.75, 3.05) is 5.32 Å². The number of aromatic nitrogens is 4. The van der Waals surface area contributed by atoms with Crippen LogP contribution in [0.15, 0.2) is 72.8 Å². The second-order valence-electron chi connectivity index (χ2n) is 7.13. The van der Waals surface area contributed by atoms with Crippen LogP contribution in [0.25, 0.3) is 16.7 Å². The Labute approximate surface area is 182 Å². The van der Waals surface area contributed by atoms with Crippen LogP contribution in [0, 0.1) is 5.82 Å². The molecule has 7 nitrogen and oxygen atoms in total. The number of para-hydroxylation sites is 2. The average Bonchev–Trinajstić information content (AvgIpc) is 3.24. The molecule has 0 aliphatic heterocycles. The molecule has 2 aromatic heterocycles. The molecule has 158 valence electrons. The molecule has 0 aliphatic carbocycles. The number of ether oxygens (including phenoxy) is 1. The third-order valence-corrected chi connectivity index (χ3v) is 4.98. The van der Waals surface area contributed by atoms with E-state index in [1.807, 2.05) is 35.6 Å². The third kappa shape index (κ3) is 3.62. The summed E-state index contributed by atoms with van der Waals surface area (Å²) in [4.78, 5) is 17.1. The summed E-state index contributed by atoms with van der Waals surface area (Å²) in [6.45, 7) is 2.01. The number of carbonyl (C=O) groups is 1. The molecule has 8 heteroatoms. The van der Waals surface area contributed by atoms with Crippen LogP contribution in [0.4, 0.5) is 10.1 Å². The summed E-state index contributed by atoms with van der Waals surface area (Å²) in [6.07, 6.45) is 0.705. The van der Waals surface area contributed by atoms with Crippen LogP contribution in [0.1, 0.15) is 23.1 Å². The predicted octanol–water partition coefficient (Wildman–Crippen LogP) is 5.02. The van der Waals surface area contributed by atoms with Gasteiger partial charge in [0.05, 0.1) is 11.0 Å². The van der Waals surface area contributed by atoms with Gasteiger partial charge in [0, 0.05) is 23.7 Å². The number of hydrogen-bond donors (Lipinski definition) is 1. The first-order valence-electron chi connectivity index (χ1n) is 10.1. The van der Waals surface area contributed by atoms with Gasteiger partial charge in [0.25, 0.3) is 11.8 Å². The maximum absolute atomic E-state index is 13.4. The molecule has 0 aliphatic rings. The van der Waals surface area contributed by atoms with E-state index in [2.05, 4.69) is 20.5 Å². The van der Waals surface area contributed by atoms with Gasteiger partial charge in [-0.3, -0.25) is 9.20 Å². The number of rotatable bonds is 5. The van der Waals surface area contributed by atoms with E-state index in [0.29, 0.717) is 29.4 Å². The molecule has 0 saturated heterocycles. The molecule has 1 amide bonds. The number of anilines is 1. The van der Waals surface area contributed by atoms with Gasteiger partial charge >= 0.3 is 0 Å². The Morgan fingerprint density at radius 1 is 1.03 bits per heavy atom. The highest BCUT2D eigenvalue weighted by atomic mass is 19.1. The van der Waals surface area contributed by atoms with E-state index in [-0.39, 0.29) is 5.56 Å². The van der Waals surface area contributed by atoms with Crippen LogP contribution in [0.2, 0.25) is 0 Å². The maximum atomic E-state index is 13.4. The fourth-order valence-corrected chi connectivity index (χ4v) is 3.49. The van der Waals surface area contributed by atoms with Crippen LogP contribution in [0.3, 0.4) is 0 Å². The van der Waals surface area contributed by atoms with Crippen molar-refractivity contribution in [2.45, 2.75) is 13.3 Å². The quantitative estimate of drug-likeness (QED) is 0.426. The molecular formula is C24H18FN5O2. The Morgan fingerprint density at radius 2 is 1.88 bits per heavy atom. The van der Waals surface area contributed by atoms with Gasteiger partial charge in [-0.25, -0.2) is 9.37 Å². The van der Waals surface area contributed by atoms with Gasteiger partial charge in [0.15, 0.2) is 0 Å². The fourth-order valence-electron chi connectivity index (χ4n) is 3.49. The van der Waals surface area contributed by atoms with Crippen molar-refractivity contribution in [1.29, 1.82) is 0 Å². The second-order valence-corrected chi connectivity index (χ2v) is 7.13. The zero-order valence-corrected chi connectivity index (χ0v) is 17.1. The molecule has 0 spiro atoms. The van der Waals surface area contributed by atoms with Crippen LogP contribution >= 0.6 is 0 Å². The summed E-state index contributed by atoms with van der Waals surface area (Å²) < 4.78 is 21.4. The summed E-state index contributed by atoms with van der Waals surface area (Å²) in [5.41, 5.74) is 2.89. The Morgan fingerprint density at radius 3 is 2.72 bits per heavy atom. The normalized spacial score (nSPS) is 11.1. The third-order valence-electron chi connectivity index (χ3n) is 4.98. The molecule has 0 fully saturated rings. The van der Waals surface area contributed by atoms with Crippen molar-refractivity contribution in [3.63, 3.8) is 0 Å². The lowest BCUT2D eigenvalue weighted by molar-refractivity contribution is 0.102. The van der Waals surface area contributed by atoms with Crippen LogP contribution in [-0.4, -0.2) is 25.5 Å². The molecule has 3 aromatic carbocycles. The lowest BCUT2D eigenvalue weighted by Gasteiger charge is -2.11. The van der Waals surface area contributed by atoms with E-state index in [4.69, 9.17) is 4.74 Å². The number of fused-ring (bicyclic) bond motifs is 3. The predicted molar refractivity (Wildman–Crippen MR) is 119 cm³/mol.